The van der Waals surface area contributed by atoms with Crippen LogP contribution in [0.25, 0.3) is 0 Å². The summed E-state index contributed by atoms with van der Waals surface area (Å²) in [4.78, 5) is 8.87. The van der Waals surface area contributed by atoms with Crippen molar-refractivity contribution in [3.63, 3.8) is 0 Å². The molecule has 118 valence electrons. The van der Waals surface area contributed by atoms with Crippen molar-refractivity contribution in [2.24, 2.45) is 0 Å². The zero-order valence-corrected chi connectivity index (χ0v) is 14.0. The lowest BCUT2D eigenvalue weighted by molar-refractivity contribution is 0.753. The van der Waals surface area contributed by atoms with Gasteiger partial charge < -0.3 is 10.6 Å². The number of aromatic nitrogens is 2. The van der Waals surface area contributed by atoms with Crippen LogP contribution < -0.4 is 10.6 Å². The van der Waals surface area contributed by atoms with E-state index in [1.54, 1.807) is 6.20 Å². The first-order chi connectivity index (χ1) is 10.7. The van der Waals surface area contributed by atoms with Crippen LogP contribution in [0.4, 0.5) is 17.5 Å². The summed E-state index contributed by atoms with van der Waals surface area (Å²) in [6.45, 7) is 8.63. The minimum Gasteiger partial charge on any atom is -0.352 e. The third-order valence-corrected chi connectivity index (χ3v) is 3.90. The minimum absolute atomic E-state index is 0.365. The van der Waals surface area contributed by atoms with Gasteiger partial charge in [-0.15, -0.1) is 0 Å². The summed E-state index contributed by atoms with van der Waals surface area (Å²) in [6.07, 6.45) is 4.83. The molecule has 22 heavy (non-hydrogen) atoms. The average molecular weight is 298 g/mol. The number of nitrogens with zero attached hydrogens (tertiary/aromatic N) is 2. The van der Waals surface area contributed by atoms with Gasteiger partial charge in [0.15, 0.2) is 0 Å². The molecule has 1 aromatic carbocycles. The van der Waals surface area contributed by atoms with Gasteiger partial charge in [0.2, 0.25) is 5.95 Å². The number of benzene rings is 1. The molecule has 4 nitrogen and oxygen atoms in total. The molecule has 0 saturated heterocycles. The highest BCUT2D eigenvalue weighted by Gasteiger charge is 2.08. The van der Waals surface area contributed by atoms with Crippen molar-refractivity contribution in [2.75, 3.05) is 10.6 Å². The predicted molar refractivity (Wildman–Crippen MR) is 93.9 cm³/mol. The first-order valence-electron chi connectivity index (χ1n) is 8.15. The fraction of sp³-hybridized carbons (Fsp3) is 0.444. The average Bonchev–Trinajstić information content (AvgIpc) is 2.55. The van der Waals surface area contributed by atoms with E-state index in [2.05, 4.69) is 66.5 Å². The van der Waals surface area contributed by atoms with Crippen molar-refractivity contribution >= 4 is 17.5 Å². The summed E-state index contributed by atoms with van der Waals surface area (Å²) in [7, 11) is 0. The molecule has 1 aromatic heterocycles. The summed E-state index contributed by atoms with van der Waals surface area (Å²) < 4.78 is 0. The number of hydrogen-bond donors (Lipinski definition) is 2. The van der Waals surface area contributed by atoms with Gasteiger partial charge in [0.05, 0.1) is 0 Å². The van der Waals surface area contributed by atoms with Crippen molar-refractivity contribution in [1.29, 1.82) is 0 Å². The molecule has 0 aliphatic heterocycles. The fourth-order valence-corrected chi connectivity index (χ4v) is 2.35. The van der Waals surface area contributed by atoms with E-state index < -0.39 is 0 Å². The van der Waals surface area contributed by atoms with Crippen LogP contribution in [0.5, 0.6) is 0 Å². The highest BCUT2D eigenvalue weighted by atomic mass is 15.1. The van der Waals surface area contributed by atoms with E-state index in [4.69, 9.17) is 0 Å². The number of anilines is 3. The number of aryl methyl sites for hydroxylation is 2. The maximum absolute atomic E-state index is 4.57. The molecule has 0 fully saturated rings. The highest BCUT2D eigenvalue weighted by Crippen LogP contribution is 2.26. The fourth-order valence-electron chi connectivity index (χ4n) is 2.35. The molecule has 0 bridgehead atoms. The normalized spacial score (nSPS) is 12.0. The van der Waals surface area contributed by atoms with Crippen LogP contribution >= 0.6 is 0 Å². The zero-order valence-electron chi connectivity index (χ0n) is 14.0. The van der Waals surface area contributed by atoms with E-state index in [1.165, 1.54) is 16.8 Å². The summed E-state index contributed by atoms with van der Waals surface area (Å²) in [5.74, 6) is 1.50. The number of para-hydroxylation sites is 1. The van der Waals surface area contributed by atoms with Gasteiger partial charge in [0.1, 0.15) is 5.82 Å². The topological polar surface area (TPSA) is 49.8 Å². The number of hydrogen-bond acceptors (Lipinski definition) is 4. The van der Waals surface area contributed by atoms with Gasteiger partial charge in [0.25, 0.3) is 0 Å². The second-order valence-corrected chi connectivity index (χ2v) is 5.50. The van der Waals surface area contributed by atoms with Crippen LogP contribution in [0.15, 0.2) is 30.5 Å². The molecule has 1 atom stereocenters. The lowest BCUT2D eigenvalue weighted by Crippen LogP contribution is -2.16. The number of nitrogens with one attached hydrogen (secondary N) is 2. The van der Waals surface area contributed by atoms with E-state index in [1.807, 2.05) is 6.07 Å². The van der Waals surface area contributed by atoms with E-state index in [0.717, 1.165) is 25.1 Å². The molecule has 0 radical (unpaired) electrons. The Bertz CT molecular complexity index is 588. The van der Waals surface area contributed by atoms with Crippen LogP contribution in [0, 0.1) is 0 Å². The zero-order chi connectivity index (χ0) is 15.9. The largest absolute Gasteiger partial charge is 0.352 e. The Kier molecular flexibility index (Phi) is 5.75. The van der Waals surface area contributed by atoms with Gasteiger partial charge in [-0.3, -0.25) is 0 Å². The van der Waals surface area contributed by atoms with Gasteiger partial charge >= 0.3 is 0 Å². The first kappa shape index (κ1) is 16.3. The van der Waals surface area contributed by atoms with Crippen LogP contribution in [0.1, 0.15) is 45.2 Å². The van der Waals surface area contributed by atoms with Gasteiger partial charge in [-0.2, -0.15) is 4.98 Å². The molecule has 0 spiro atoms. The molecule has 2 aromatic rings. The van der Waals surface area contributed by atoms with Crippen LogP contribution in [-0.4, -0.2) is 16.0 Å². The van der Waals surface area contributed by atoms with Crippen molar-refractivity contribution < 1.29 is 0 Å². The Morgan fingerprint density at radius 2 is 1.73 bits per heavy atom. The SMILES string of the molecule is CCc1cccc(CC)c1Nc1ccnc(NC(C)CC)n1. The summed E-state index contributed by atoms with van der Waals surface area (Å²) in [5.41, 5.74) is 3.81. The third-order valence-electron chi connectivity index (χ3n) is 3.90. The molecule has 0 amide bonds. The van der Waals surface area contributed by atoms with Crippen molar-refractivity contribution in [3.8, 4) is 0 Å². The summed E-state index contributed by atoms with van der Waals surface area (Å²) >= 11 is 0. The standard InChI is InChI=1S/C18H26N4/c1-5-13(4)20-18-19-12-11-16(22-18)21-17-14(6-2)9-8-10-15(17)7-3/h8-13H,5-7H2,1-4H3,(H2,19,20,21,22). The van der Waals surface area contributed by atoms with E-state index >= 15 is 0 Å². The quantitative estimate of drug-likeness (QED) is 0.787. The van der Waals surface area contributed by atoms with Crippen molar-refractivity contribution in [2.45, 2.75) is 53.0 Å². The molecule has 1 heterocycles. The lowest BCUT2D eigenvalue weighted by Gasteiger charge is -2.16. The Morgan fingerprint density at radius 1 is 1.05 bits per heavy atom. The molecule has 0 aliphatic rings. The van der Waals surface area contributed by atoms with Gasteiger partial charge in [0, 0.05) is 17.9 Å². The minimum atomic E-state index is 0.365. The van der Waals surface area contributed by atoms with E-state index in [-0.39, 0.29) is 0 Å². The van der Waals surface area contributed by atoms with Gasteiger partial charge in [-0.1, -0.05) is 39.0 Å². The highest BCUT2D eigenvalue weighted by molar-refractivity contribution is 5.65. The molecule has 2 rings (SSSR count). The van der Waals surface area contributed by atoms with E-state index in [0.29, 0.717) is 12.0 Å². The second-order valence-electron chi connectivity index (χ2n) is 5.50. The molecule has 1 unspecified atom stereocenters. The van der Waals surface area contributed by atoms with Crippen molar-refractivity contribution in [3.05, 3.63) is 41.6 Å². The second kappa shape index (κ2) is 7.78. The molecular weight excluding hydrogens is 272 g/mol. The third kappa shape index (κ3) is 3.97. The summed E-state index contributed by atoms with van der Waals surface area (Å²) in [5, 5.41) is 6.80. The molecule has 2 N–H and O–H groups in total. The Labute approximate surface area is 133 Å². The Morgan fingerprint density at radius 3 is 2.32 bits per heavy atom. The summed E-state index contributed by atoms with van der Waals surface area (Å²) in [6, 6.07) is 8.73. The number of rotatable bonds is 7. The maximum atomic E-state index is 4.57. The van der Waals surface area contributed by atoms with Crippen LogP contribution in [-0.2, 0) is 12.8 Å². The lowest BCUT2D eigenvalue weighted by atomic mass is 10.0. The predicted octanol–water partition coefficient (Wildman–Crippen LogP) is 4.56. The Hall–Kier alpha value is -2.10. The molecule has 0 saturated carbocycles. The van der Waals surface area contributed by atoms with E-state index in [9.17, 15) is 0 Å². The van der Waals surface area contributed by atoms with Gasteiger partial charge in [-0.25, -0.2) is 4.98 Å². The monoisotopic (exact) mass is 298 g/mol. The first-order valence-corrected chi connectivity index (χ1v) is 8.15. The molecule has 4 heteroatoms. The maximum Gasteiger partial charge on any atom is 0.224 e. The molecule has 0 aliphatic carbocycles. The van der Waals surface area contributed by atoms with Gasteiger partial charge in [-0.05, 0) is 43.4 Å². The Balaban J connectivity index is 2.26. The molecular formula is C18H26N4. The van der Waals surface area contributed by atoms with Crippen LogP contribution in [0.3, 0.4) is 0 Å². The van der Waals surface area contributed by atoms with Crippen molar-refractivity contribution in [1.82, 2.24) is 9.97 Å². The van der Waals surface area contributed by atoms with Crippen LogP contribution in [0.2, 0.25) is 0 Å². The smallest absolute Gasteiger partial charge is 0.224 e.